The summed E-state index contributed by atoms with van der Waals surface area (Å²) in [6, 6.07) is 6.03. The van der Waals surface area contributed by atoms with Crippen molar-refractivity contribution in [1.82, 2.24) is 9.78 Å². The Kier molecular flexibility index (Phi) is 3.87. The number of hydrogen-bond donors (Lipinski definition) is 1. The lowest BCUT2D eigenvalue weighted by atomic mass is 10.2. The Labute approximate surface area is 108 Å². The van der Waals surface area contributed by atoms with Gasteiger partial charge in [-0.25, -0.2) is 0 Å². The molecule has 2 aromatic rings. The molecule has 0 unspecified atom stereocenters. The van der Waals surface area contributed by atoms with Crippen LogP contribution < -0.4 is 10.1 Å². The molecule has 2 rings (SSSR count). The first kappa shape index (κ1) is 12.5. The van der Waals surface area contributed by atoms with Gasteiger partial charge in [-0.15, -0.1) is 0 Å². The van der Waals surface area contributed by atoms with Crippen molar-refractivity contribution in [2.24, 2.45) is 0 Å². The first-order chi connectivity index (χ1) is 8.72. The zero-order valence-corrected chi connectivity index (χ0v) is 11.1. The molecule has 0 saturated carbocycles. The van der Waals surface area contributed by atoms with E-state index < -0.39 is 0 Å². The van der Waals surface area contributed by atoms with E-state index in [-0.39, 0.29) is 0 Å². The van der Waals surface area contributed by atoms with Gasteiger partial charge in [0, 0.05) is 30.5 Å². The Morgan fingerprint density at radius 3 is 2.83 bits per heavy atom. The molecule has 4 nitrogen and oxygen atoms in total. The van der Waals surface area contributed by atoms with Gasteiger partial charge in [-0.05, 0) is 37.6 Å². The molecular formula is C14H19N3O. The van der Waals surface area contributed by atoms with Crippen LogP contribution in [0.15, 0.2) is 30.6 Å². The highest BCUT2D eigenvalue weighted by molar-refractivity contribution is 5.53. The minimum Gasteiger partial charge on any atom is -0.497 e. The molecule has 4 heteroatoms. The average Bonchev–Trinajstić information content (AvgIpc) is 2.85. The number of nitrogens with one attached hydrogen (secondary N) is 1. The molecule has 1 aromatic heterocycles. The van der Waals surface area contributed by atoms with E-state index in [0.717, 1.165) is 24.5 Å². The molecule has 1 N–H and O–H groups in total. The maximum atomic E-state index is 5.19. The molecule has 18 heavy (non-hydrogen) atoms. The summed E-state index contributed by atoms with van der Waals surface area (Å²) in [4.78, 5) is 0. The van der Waals surface area contributed by atoms with Crippen molar-refractivity contribution in [2.45, 2.75) is 26.9 Å². The van der Waals surface area contributed by atoms with Gasteiger partial charge < -0.3 is 10.1 Å². The van der Waals surface area contributed by atoms with Crippen LogP contribution >= 0.6 is 0 Å². The Balaban J connectivity index is 2.01. The number of hydrogen-bond acceptors (Lipinski definition) is 3. The SMILES string of the molecule is CCn1cc(CNc2ccc(OC)cc2C)cn1. The summed E-state index contributed by atoms with van der Waals surface area (Å²) in [5.41, 5.74) is 3.49. The van der Waals surface area contributed by atoms with Crippen molar-refractivity contribution in [3.63, 3.8) is 0 Å². The van der Waals surface area contributed by atoms with Gasteiger partial charge in [-0.1, -0.05) is 0 Å². The monoisotopic (exact) mass is 245 g/mol. The normalized spacial score (nSPS) is 10.4. The van der Waals surface area contributed by atoms with E-state index in [4.69, 9.17) is 4.74 Å². The third-order valence-corrected chi connectivity index (χ3v) is 2.93. The second-order valence-corrected chi connectivity index (χ2v) is 4.24. The summed E-state index contributed by atoms with van der Waals surface area (Å²) < 4.78 is 7.12. The van der Waals surface area contributed by atoms with E-state index in [0.29, 0.717) is 0 Å². The molecule has 0 fully saturated rings. The number of methoxy groups -OCH3 is 1. The average molecular weight is 245 g/mol. The third kappa shape index (κ3) is 2.83. The summed E-state index contributed by atoms with van der Waals surface area (Å²) in [7, 11) is 1.68. The lowest BCUT2D eigenvalue weighted by Crippen LogP contribution is -2.00. The second kappa shape index (κ2) is 5.58. The summed E-state index contributed by atoms with van der Waals surface area (Å²) >= 11 is 0. The van der Waals surface area contributed by atoms with Crippen molar-refractivity contribution in [3.05, 3.63) is 41.7 Å². The van der Waals surface area contributed by atoms with E-state index in [1.165, 1.54) is 11.1 Å². The predicted molar refractivity (Wildman–Crippen MR) is 73.0 cm³/mol. The largest absolute Gasteiger partial charge is 0.497 e. The van der Waals surface area contributed by atoms with Crippen LogP contribution in [0, 0.1) is 6.92 Å². The highest BCUT2D eigenvalue weighted by Crippen LogP contribution is 2.21. The zero-order valence-electron chi connectivity index (χ0n) is 11.1. The molecule has 0 saturated heterocycles. The van der Waals surface area contributed by atoms with Crippen molar-refractivity contribution in [2.75, 3.05) is 12.4 Å². The summed E-state index contributed by atoms with van der Waals surface area (Å²) in [5.74, 6) is 0.886. The third-order valence-electron chi connectivity index (χ3n) is 2.93. The van der Waals surface area contributed by atoms with Gasteiger partial charge in [-0.2, -0.15) is 5.10 Å². The van der Waals surface area contributed by atoms with Gasteiger partial charge >= 0.3 is 0 Å². The van der Waals surface area contributed by atoms with Crippen LogP contribution in [-0.4, -0.2) is 16.9 Å². The van der Waals surface area contributed by atoms with Crippen LogP contribution in [0.1, 0.15) is 18.1 Å². The van der Waals surface area contributed by atoms with Crippen LogP contribution in [0.25, 0.3) is 0 Å². The lowest BCUT2D eigenvalue weighted by Gasteiger charge is -2.09. The quantitative estimate of drug-likeness (QED) is 0.880. The molecule has 1 aromatic carbocycles. The van der Waals surface area contributed by atoms with E-state index in [9.17, 15) is 0 Å². The summed E-state index contributed by atoms with van der Waals surface area (Å²) in [6.07, 6.45) is 3.96. The van der Waals surface area contributed by atoms with Crippen molar-refractivity contribution >= 4 is 5.69 Å². The van der Waals surface area contributed by atoms with Gasteiger partial charge in [0.15, 0.2) is 0 Å². The molecule has 0 radical (unpaired) electrons. The van der Waals surface area contributed by atoms with Crippen LogP contribution in [0.2, 0.25) is 0 Å². The maximum Gasteiger partial charge on any atom is 0.119 e. The number of anilines is 1. The lowest BCUT2D eigenvalue weighted by molar-refractivity contribution is 0.414. The summed E-state index contributed by atoms with van der Waals surface area (Å²) in [5, 5.41) is 7.66. The molecule has 96 valence electrons. The summed E-state index contributed by atoms with van der Waals surface area (Å²) in [6.45, 7) is 5.84. The highest BCUT2D eigenvalue weighted by Gasteiger charge is 2.01. The fourth-order valence-corrected chi connectivity index (χ4v) is 1.83. The first-order valence-electron chi connectivity index (χ1n) is 6.12. The topological polar surface area (TPSA) is 39.1 Å². The molecule has 0 aliphatic heterocycles. The van der Waals surface area contributed by atoms with E-state index in [1.807, 2.05) is 29.1 Å². The highest BCUT2D eigenvalue weighted by atomic mass is 16.5. The van der Waals surface area contributed by atoms with E-state index in [2.05, 4.69) is 30.5 Å². The Morgan fingerprint density at radius 1 is 1.39 bits per heavy atom. The Hall–Kier alpha value is -1.97. The molecule has 0 aliphatic carbocycles. The van der Waals surface area contributed by atoms with E-state index >= 15 is 0 Å². The molecule has 0 spiro atoms. The van der Waals surface area contributed by atoms with Crippen LogP contribution in [0.3, 0.4) is 0 Å². The van der Waals surface area contributed by atoms with Crippen molar-refractivity contribution in [3.8, 4) is 5.75 Å². The van der Waals surface area contributed by atoms with Gasteiger partial charge in [-0.3, -0.25) is 4.68 Å². The minimum atomic E-state index is 0.785. The van der Waals surface area contributed by atoms with Crippen molar-refractivity contribution in [1.29, 1.82) is 0 Å². The Bertz CT molecular complexity index is 520. The Morgan fingerprint density at radius 2 is 2.22 bits per heavy atom. The van der Waals surface area contributed by atoms with E-state index in [1.54, 1.807) is 7.11 Å². The molecule has 0 aliphatic rings. The second-order valence-electron chi connectivity index (χ2n) is 4.24. The standard InChI is InChI=1S/C14H19N3O/c1-4-17-10-12(9-16-17)8-15-14-6-5-13(18-3)7-11(14)2/h5-7,9-10,15H,4,8H2,1-3H3. The maximum absolute atomic E-state index is 5.19. The fraction of sp³-hybridized carbons (Fsp3) is 0.357. The number of aryl methyl sites for hydroxylation is 2. The number of rotatable bonds is 5. The van der Waals surface area contributed by atoms with Gasteiger partial charge in [0.05, 0.1) is 13.3 Å². The zero-order chi connectivity index (χ0) is 13.0. The molecule has 0 amide bonds. The molecule has 1 heterocycles. The van der Waals surface area contributed by atoms with Gasteiger partial charge in [0.25, 0.3) is 0 Å². The number of aromatic nitrogens is 2. The molecule has 0 atom stereocenters. The van der Waals surface area contributed by atoms with Crippen molar-refractivity contribution < 1.29 is 4.74 Å². The minimum absolute atomic E-state index is 0.785. The fourth-order valence-electron chi connectivity index (χ4n) is 1.83. The predicted octanol–water partition coefficient (Wildman–Crippen LogP) is 2.83. The smallest absolute Gasteiger partial charge is 0.119 e. The van der Waals surface area contributed by atoms with Crippen LogP contribution in [-0.2, 0) is 13.1 Å². The number of ether oxygens (including phenoxy) is 1. The first-order valence-corrected chi connectivity index (χ1v) is 6.12. The number of nitrogens with zero attached hydrogens (tertiary/aromatic N) is 2. The molecular weight excluding hydrogens is 226 g/mol. The van der Waals surface area contributed by atoms with Gasteiger partial charge in [0.1, 0.15) is 5.75 Å². The van der Waals surface area contributed by atoms with Crippen LogP contribution in [0.5, 0.6) is 5.75 Å². The molecule has 0 bridgehead atoms. The number of benzene rings is 1. The van der Waals surface area contributed by atoms with Crippen LogP contribution in [0.4, 0.5) is 5.69 Å². The van der Waals surface area contributed by atoms with Gasteiger partial charge in [0.2, 0.25) is 0 Å².